The second kappa shape index (κ2) is 10.8. The Morgan fingerprint density at radius 1 is 0.426 bits per heavy atom. The van der Waals surface area contributed by atoms with Crippen LogP contribution in [0.2, 0.25) is 0 Å². The standard InChI is InChI=1S/C34H35B6N5O2/c1-9-10(2)24(37)25(38)20(22(9)35)33(46)16-15(7)30(43)32(45)31(44)17(16)34(47,19-18(33)28(41)13(5)14(6)29(19)42)21-23(36)11(3)12(4)27(40-8)26(21)39/h46-47H,8,41-45H2,1-7H3. The molecule has 0 saturated carbocycles. The summed E-state index contributed by atoms with van der Waals surface area (Å²) in [6.45, 7) is 17.9. The molecule has 5 rings (SSSR count). The third-order valence-corrected chi connectivity index (χ3v) is 10.8. The van der Waals surface area contributed by atoms with Gasteiger partial charge in [-0.2, -0.15) is 0 Å². The van der Waals surface area contributed by atoms with E-state index >= 15 is 0 Å². The molecule has 226 valence electrons. The molecule has 1 aliphatic carbocycles. The SMILES string of the molecule is [B]c1c([B])c(C2(O)c3c(C)c(N)c(N)c(N)c3C(O)(c3c([B])c(C)c(C)c(B=C)c3[B])c3c(N)c(C)c(C)c(N)c32)c([B])c(C)c1C. The van der Waals surface area contributed by atoms with Gasteiger partial charge in [0.05, 0.1) is 0 Å². The Morgan fingerprint density at radius 2 is 0.809 bits per heavy atom. The summed E-state index contributed by atoms with van der Waals surface area (Å²) in [6.07, 6.45) is 0. The Balaban J connectivity index is 2.26. The topological polar surface area (TPSA) is 171 Å². The Kier molecular flexibility index (Phi) is 7.90. The van der Waals surface area contributed by atoms with E-state index < -0.39 is 11.2 Å². The molecule has 10 radical (unpaired) electrons. The first-order valence-corrected chi connectivity index (χ1v) is 15.0. The molecule has 12 N–H and O–H groups in total. The molecule has 4 aromatic carbocycles. The molecule has 0 aliphatic heterocycles. The van der Waals surface area contributed by atoms with Crippen molar-refractivity contribution in [3.63, 3.8) is 0 Å². The summed E-state index contributed by atoms with van der Waals surface area (Å²) in [5.41, 5.74) is 34.5. The Morgan fingerprint density at radius 3 is 1.28 bits per heavy atom. The van der Waals surface area contributed by atoms with Gasteiger partial charge in [0.2, 0.25) is 0 Å². The van der Waals surface area contributed by atoms with Crippen LogP contribution in [0.3, 0.4) is 0 Å². The van der Waals surface area contributed by atoms with Crippen molar-refractivity contribution in [3.8, 4) is 0 Å². The summed E-state index contributed by atoms with van der Waals surface area (Å²) in [5, 5.41) is 27.3. The predicted molar refractivity (Wildman–Crippen MR) is 205 cm³/mol. The zero-order valence-electron chi connectivity index (χ0n) is 28.0. The van der Waals surface area contributed by atoms with E-state index in [1.54, 1.807) is 48.5 Å². The number of rotatable bonds is 3. The van der Waals surface area contributed by atoms with Crippen molar-refractivity contribution < 1.29 is 10.2 Å². The maximum absolute atomic E-state index is 13.7. The monoisotopic (exact) mass is 611 g/mol. The zero-order valence-corrected chi connectivity index (χ0v) is 28.0. The molecule has 1 aliphatic rings. The van der Waals surface area contributed by atoms with Crippen molar-refractivity contribution >= 4 is 114 Å². The van der Waals surface area contributed by atoms with Gasteiger partial charge in [-0.15, -0.1) is 0 Å². The molecule has 13 heteroatoms. The quantitative estimate of drug-likeness (QED) is 0.0983. The van der Waals surface area contributed by atoms with Crippen molar-refractivity contribution in [1.82, 2.24) is 0 Å². The van der Waals surface area contributed by atoms with Crippen LogP contribution in [0.15, 0.2) is 0 Å². The second-order valence-electron chi connectivity index (χ2n) is 12.8. The van der Waals surface area contributed by atoms with Crippen LogP contribution in [-0.2, 0) is 11.2 Å². The molecule has 0 bridgehead atoms. The van der Waals surface area contributed by atoms with Gasteiger partial charge >= 0.3 is 285 Å². The number of fused-ring (bicyclic) bond motifs is 2. The number of hydrogen-bond donors (Lipinski definition) is 7. The van der Waals surface area contributed by atoms with Crippen LogP contribution in [0.4, 0.5) is 28.4 Å². The van der Waals surface area contributed by atoms with Crippen LogP contribution >= 0.6 is 0 Å². The Bertz CT molecular complexity index is 2030. The van der Waals surface area contributed by atoms with Crippen LogP contribution < -0.4 is 61.4 Å². The molecule has 0 fully saturated rings. The zero-order chi connectivity index (χ0) is 35.6. The minimum atomic E-state index is -2.36. The number of aliphatic hydroxyl groups is 2. The molecule has 0 spiro atoms. The molecule has 7 nitrogen and oxygen atoms in total. The molecule has 0 amide bonds. The van der Waals surface area contributed by atoms with Gasteiger partial charge in [0, 0.05) is 0 Å². The van der Waals surface area contributed by atoms with Gasteiger partial charge in [0.15, 0.2) is 0 Å². The summed E-state index contributed by atoms with van der Waals surface area (Å²) >= 11 is 0. The molecular formula is C34H35B6N5O2. The average Bonchev–Trinajstić information content (AvgIpc) is 3.02. The summed E-state index contributed by atoms with van der Waals surface area (Å²) in [6, 6.07) is 0. The van der Waals surface area contributed by atoms with Crippen LogP contribution in [0.1, 0.15) is 72.3 Å². The number of hydrogen-bond acceptors (Lipinski definition) is 7. The Labute approximate surface area is 284 Å². The fourth-order valence-corrected chi connectivity index (χ4v) is 7.51. The Hall–Kier alpha value is -3.94. The number of anilines is 5. The molecule has 0 aromatic heterocycles. The van der Waals surface area contributed by atoms with E-state index in [1.807, 2.05) is 6.92 Å². The van der Waals surface area contributed by atoms with E-state index in [2.05, 4.69) is 6.47 Å². The van der Waals surface area contributed by atoms with Gasteiger partial charge in [-0.1, -0.05) is 0 Å². The summed E-state index contributed by atoms with van der Waals surface area (Å²) in [5.74, 6) is 0. The van der Waals surface area contributed by atoms with E-state index in [1.165, 1.54) is 0 Å². The van der Waals surface area contributed by atoms with Gasteiger partial charge in [-0.3, -0.25) is 0 Å². The number of nitrogen functional groups attached to an aromatic ring is 5. The minimum absolute atomic E-state index is 0.000779. The molecule has 0 heterocycles. The van der Waals surface area contributed by atoms with Gasteiger partial charge in [-0.25, -0.2) is 0 Å². The normalized spacial score (nSPS) is 18.5. The molecule has 47 heavy (non-hydrogen) atoms. The fourth-order valence-electron chi connectivity index (χ4n) is 7.51. The van der Waals surface area contributed by atoms with Crippen molar-refractivity contribution in [2.24, 2.45) is 0 Å². The average molecular weight is 611 g/mol. The molecular weight excluding hydrogens is 575 g/mol. The first-order chi connectivity index (χ1) is 21.7. The third-order valence-electron chi connectivity index (χ3n) is 10.8. The first kappa shape index (κ1) is 34.4. The summed E-state index contributed by atoms with van der Waals surface area (Å²) < 4.78 is 0. The molecule has 0 saturated heterocycles. The number of nitrogens with two attached hydrogens (primary N) is 5. The van der Waals surface area contributed by atoms with Crippen molar-refractivity contribution in [1.29, 1.82) is 0 Å². The molecule has 4 aromatic rings. The fraction of sp³-hybridized carbons (Fsp3) is 0.265. The van der Waals surface area contributed by atoms with Crippen LogP contribution in [0.25, 0.3) is 0 Å². The third kappa shape index (κ3) is 3.99. The van der Waals surface area contributed by atoms with Crippen molar-refractivity contribution in [2.75, 3.05) is 28.7 Å². The second-order valence-corrected chi connectivity index (χ2v) is 12.8. The number of benzene rings is 4. The van der Waals surface area contributed by atoms with Crippen LogP contribution in [0.5, 0.6) is 0 Å². The van der Waals surface area contributed by atoms with E-state index in [4.69, 9.17) is 67.9 Å². The maximum atomic E-state index is 13.7. The van der Waals surface area contributed by atoms with Crippen molar-refractivity contribution in [2.45, 2.75) is 59.7 Å². The van der Waals surface area contributed by atoms with Crippen LogP contribution in [0, 0.1) is 48.5 Å². The summed E-state index contributed by atoms with van der Waals surface area (Å²) in [4.78, 5) is 0. The van der Waals surface area contributed by atoms with E-state index in [0.29, 0.717) is 33.3 Å². The molecule has 2 atom stereocenters. The van der Waals surface area contributed by atoms with E-state index in [-0.39, 0.29) is 94.7 Å². The van der Waals surface area contributed by atoms with Crippen molar-refractivity contribution in [3.05, 3.63) is 72.3 Å². The van der Waals surface area contributed by atoms with E-state index in [9.17, 15) is 10.2 Å². The van der Waals surface area contributed by atoms with Gasteiger partial charge in [-0.05, 0) is 0 Å². The predicted octanol–water partition coefficient (Wildman–Crippen LogP) is -2.63. The van der Waals surface area contributed by atoms with E-state index in [0.717, 1.165) is 5.56 Å². The molecule has 2 unspecified atom stereocenters. The first-order valence-electron chi connectivity index (χ1n) is 15.0. The van der Waals surface area contributed by atoms with Gasteiger partial charge in [0.25, 0.3) is 0 Å². The van der Waals surface area contributed by atoms with Crippen LogP contribution in [-0.4, -0.2) is 62.8 Å². The van der Waals surface area contributed by atoms with Gasteiger partial charge < -0.3 is 0 Å². The van der Waals surface area contributed by atoms with Gasteiger partial charge in [0.1, 0.15) is 0 Å². The summed E-state index contributed by atoms with van der Waals surface area (Å²) in [7, 11) is 33.9.